The van der Waals surface area contributed by atoms with Crippen molar-refractivity contribution in [2.45, 2.75) is 157 Å². The Morgan fingerprint density at radius 3 is 1.85 bits per heavy atom. The molecule has 6 heterocycles. The van der Waals surface area contributed by atoms with E-state index in [0.717, 1.165) is 80.6 Å². The molecule has 6 aromatic carbocycles. The number of rotatable bonds is 21. The summed E-state index contributed by atoms with van der Waals surface area (Å²) in [5.74, 6) is -12.7. The maximum atomic E-state index is 16.5. The van der Waals surface area contributed by atoms with Crippen LogP contribution in [0.25, 0.3) is 11.1 Å². The molecule has 5 fully saturated rings. The predicted octanol–water partition coefficient (Wildman–Crippen LogP) is 2.44. The normalized spacial score (nSPS) is 27.2. The number of aliphatic hydroxyl groups is 6. The van der Waals surface area contributed by atoms with Gasteiger partial charge >= 0.3 is 6.03 Å². The number of imide groups is 1. The molecule has 10 amide bonds. The molecule has 21 N–H and O–H groups in total. The molecule has 36 nitrogen and oxygen atoms in total. The number of aromatic hydroxyl groups is 3. The van der Waals surface area contributed by atoms with Crippen molar-refractivity contribution in [3.05, 3.63) is 135 Å². The highest BCUT2D eigenvalue weighted by molar-refractivity contribution is 6.32. The third-order valence-corrected chi connectivity index (χ3v) is 23.1. The van der Waals surface area contributed by atoms with E-state index in [1.54, 1.807) is 20.2 Å². The lowest BCUT2D eigenvalue weighted by molar-refractivity contribution is -0.277. The van der Waals surface area contributed by atoms with Crippen LogP contribution in [0.2, 0.25) is 5.02 Å². The van der Waals surface area contributed by atoms with Gasteiger partial charge in [-0.3, -0.25) is 43.7 Å². The number of phenols is 3. The molecule has 1 saturated heterocycles. The summed E-state index contributed by atoms with van der Waals surface area (Å²) in [6.07, 6.45) is -10.7. The van der Waals surface area contributed by atoms with Crippen molar-refractivity contribution in [2.75, 3.05) is 59.4 Å². The molecule has 4 saturated carbocycles. The summed E-state index contributed by atoms with van der Waals surface area (Å²) in [5, 5.41) is 137. The number of aliphatic hydroxyl groups excluding tert-OH is 6. The van der Waals surface area contributed by atoms with E-state index in [4.69, 9.17) is 40.0 Å². The molecule has 4 aliphatic carbocycles. The monoisotopic (exact) mass is 1680 g/mol. The Hall–Kier alpha value is -11.2. The van der Waals surface area contributed by atoms with Crippen LogP contribution < -0.4 is 87.5 Å². The van der Waals surface area contributed by atoms with Crippen LogP contribution in [-0.4, -0.2) is 214 Å². The SMILES string of the molecule is CNCCOc1cc(NC(=O)NC(=O)C[C@@H]2NC(=O)[C@H](NC(=O)[C@@H](CC(C)C)NC)[C@H](O)c3ccc(c(C)c3)Oc3cc4cc(c3O[C@@H]3O[C@H](CO)[C@@H](O)[C@H](O)[C@H]3O)Oc3ccc(cc3Cl)[C@@H](O)[C@@H]3NC(=O)[C@H](NC(=O)[C@@H]4NC2=O)c2ccc(O)c(c2)-c2c(O)cc(O)cc2[C@@H](C(=O)NC2C4CC5CC(C4)CC2C5)NC3=O)cc(OCCNC)c1. The first-order chi connectivity index (χ1) is 57.4. The van der Waals surface area contributed by atoms with E-state index in [0.29, 0.717) is 24.9 Å². The van der Waals surface area contributed by atoms with Crippen LogP contribution in [0.5, 0.6) is 57.5 Å². The summed E-state index contributed by atoms with van der Waals surface area (Å²) in [6, 6.07) is 3.72. The fourth-order valence-corrected chi connectivity index (χ4v) is 17.2. The molecule has 120 heavy (non-hydrogen) atoms. The van der Waals surface area contributed by atoms with Crippen molar-refractivity contribution in [1.29, 1.82) is 0 Å². The molecule has 642 valence electrons. The van der Waals surface area contributed by atoms with Gasteiger partial charge < -0.3 is 133 Å². The molecule has 0 radical (unpaired) electrons. The van der Waals surface area contributed by atoms with Gasteiger partial charge in [0, 0.05) is 60.2 Å². The molecule has 6 aliphatic heterocycles. The van der Waals surface area contributed by atoms with Crippen molar-refractivity contribution < 1.29 is 118 Å². The molecular formula is C83H99ClN12O24. The molecule has 0 spiro atoms. The van der Waals surface area contributed by atoms with Gasteiger partial charge in [-0.25, -0.2) is 4.79 Å². The first-order valence-electron chi connectivity index (χ1n) is 39.6. The smallest absolute Gasteiger partial charge is 0.325 e. The second-order valence-corrected chi connectivity index (χ2v) is 32.2. The quantitative estimate of drug-likeness (QED) is 0.0460. The molecule has 37 heteroatoms. The van der Waals surface area contributed by atoms with Gasteiger partial charge in [0.25, 0.3) is 0 Å². The number of halogens is 1. The third kappa shape index (κ3) is 19.2. The Kier molecular flexibility index (Phi) is 26.9. The average Bonchev–Trinajstić information content (AvgIpc) is 0.755. The highest BCUT2D eigenvalue weighted by Crippen LogP contribution is 2.55. The summed E-state index contributed by atoms with van der Waals surface area (Å²) in [4.78, 5) is 139. The van der Waals surface area contributed by atoms with Crippen molar-refractivity contribution in [3.8, 4) is 68.6 Å². The Morgan fingerprint density at radius 1 is 0.608 bits per heavy atom. The third-order valence-electron chi connectivity index (χ3n) is 22.8. The number of nitrogens with one attached hydrogen (secondary N) is 12. The number of hydrogen-bond donors (Lipinski definition) is 21. The maximum Gasteiger partial charge on any atom is 0.325 e. The van der Waals surface area contributed by atoms with Gasteiger partial charge in [-0.2, -0.15) is 0 Å². The number of fused-ring (bicyclic) bond motifs is 15. The van der Waals surface area contributed by atoms with E-state index in [9.17, 15) is 60.3 Å². The lowest BCUT2D eigenvalue weighted by Crippen LogP contribution is -2.60. The lowest BCUT2D eigenvalue weighted by Gasteiger charge is -2.54. The molecule has 0 unspecified atom stereocenters. The van der Waals surface area contributed by atoms with Gasteiger partial charge in [-0.1, -0.05) is 43.6 Å². The highest BCUT2D eigenvalue weighted by Gasteiger charge is 2.51. The zero-order valence-corrected chi connectivity index (χ0v) is 67.1. The number of hydrogen-bond acceptors (Lipinski definition) is 27. The summed E-state index contributed by atoms with van der Waals surface area (Å²) in [7, 11) is 4.91. The predicted molar refractivity (Wildman–Crippen MR) is 427 cm³/mol. The molecule has 14 atom stereocenters. The molecular weight excluding hydrogens is 1580 g/mol. The number of benzene rings is 6. The fourth-order valence-electron chi connectivity index (χ4n) is 17.0. The lowest BCUT2D eigenvalue weighted by atomic mass is 9.54. The van der Waals surface area contributed by atoms with Crippen LogP contribution in [0, 0.1) is 36.5 Å². The number of aryl methyl sites for hydroxylation is 1. The van der Waals surface area contributed by atoms with Crippen molar-refractivity contribution >= 4 is 70.6 Å². The molecule has 0 aromatic heterocycles. The van der Waals surface area contributed by atoms with E-state index < -0.39 is 197 Å². The zero-order valence-electron chi connectivity index (χ0n) is 66.3. The second-order valence-electron chi connectivity index (χ2n) is 31.8. The number of likely N-dealkylation sites (N-methyl/N-ethyl adjacent to an activating group) is 3. The summed E-state index contributed by atoms with van der Waals surface area (Å²) in [6.45, 7) is 5.41. The number of ether oxygens (including phenoxy) is 6. The van der Waals surface area contributed by atoms with E-state index >= 15 is 28.8 Å². The number of amides is 10. The number of anilines is 1. The van der Waals surface area contributed by atoms with Gasteiger partial charge in [-0.05, 0) is 184 Å². The maximum absolute atomic E-state index is 16.5. The molecule has 15 bridgehead atoms. The topological polar surface area (TPSA) is 535 Å². The van der Waals surface area contributed by atoms with Crippen molar-refractivity contribution in [3.63, 3.8) is 0 Å². The number of carbonyl (C=O) groups is 9. The van der Waals surface area contributed by atoms with Crippen LogP contribution in [0.4, 0.5) is 10.5 Å². The molecule has 6 aromatic rings. The van der Waals surface area contributed by atoms with E-state index in [2.05, 4.69) is 63.8 Å². The van der Waals surface area contributed by atoms with Crippen LogP contribution in [0.1, 0.15) is 123 Å². The number of urea groups is 1. The largest absolute Gasteiger partial charge is 0.508 e. The van der Waals surface area contributed by atoms with Crippen LogP contribution in [0.15, 0.2) is 97.1 Å². The van der Waals surface area contributed by atoms with Gasteiger partial charge in [0.05, 0.1) is 24.1 Å². The van der Waals surface area contributed by atoms with E-state index in [1.165, 1.54) is 56.4 Å². The standard InChI is InChI=1S/C83H99ClN12O24/c1-35(2)17-52(87-6)75(107)95-67-69(102)40-8-11-56(36(3)18-40)117-58-26-44-27-59(74(58)120-82-73(106)72(105)71(104)60(34-97)119-82)118-57-12-9-41(25-51(57)84)70(103)68-81(113)94-66(79(111)91-63-42-20-37-19-38(22-42)23-43(63)21-37)50-30-46(98)31-55(100)62(50)49-24-39(7-10-54(49)99)64(77(109)96-68)93-78(110)65(44)92-76(108)53(89-80(67)112)33-61(101)90-83(114)88-45-28-47(115-15-13-85-4)32-48(29-45)116-16-14-86-5/h7-12,18,24-32,35,37-38,42-43,52-53,60,63-73,82,85-87,97-100,102-106H,13-17,19-23,33-34H2,1-6H3,(H,89,112)(H,91,111)(H,92,108)(H,93,110)(H,94,113)(H,95,107)(H,96,109)(H2,88,90,101,114)/t37?,38?,42?,43?,52-,53+,60-,63?,64-,65-,66+,67-,68+,69-,70-,71-,72+,73-,82+/m1/s1. The van der Waals surface area contributed by atoms with Gasteiger partial charge in [0.1, 0.15) is 126 Å². The van der Waals surface area contributed by atoms with Crippen LogP contribution in [-0.2, 0) is 43.1 Å². The first kappa shape index (κ1) is 86.7. The Labute approximate surface area is 693 Å². The van der Waals surface area contributed by atoms with Crippen molar-refractivity contribution in [2.24, 2.45) is 29.6 Å². The Morgan fingerprint density at radius 2 is 1.23 bits per heavy atom. The first-order valence-corrected chi connectivity index (χ1v) is 40.0. The fraction of sp³-hybridized carbons (Fsp3) is 0.458. The Bertz CT molecular complexity index is 4850. The minimum Gasteiger partial charge on any atom is -0.508 e. The minimum atomic E-state index is -2.38. The van der Waals surface area contributed by atoms with Crippen molar-refractivity contribution in [1.82, 2.24) is 58.5 Å². The van der Waals surface area contributed by atoms with Crippen LogP contribution >= 0.6 is 11.6 Å². The zero-order chi connectivity index (χ0) is 85.8. The van der Waals surface area contributed by atoms with E-state index in [-0.39, 0.29) is 111 Å². The summed E-state index contributed by atoms with van der Waals surface area (Å²) in [5.41, 5.74) is -1.85. The highest BCUT2D eigenvalue weighted by atomic mass is 35.5. The van der Waals surface area contributed by atoms with Gasteiger partial charge in [-0.15, -0.1) is 0 Å². The number of carbonyl (C=O) groups excluding carboxylic acids is 9. The second kappa shape index (κ2) is 37.2. The van der Waals surface area contributed by atoms with Crippen LogP contribution in [0.3, 0.4) is 0 Å². The molecule has 16 rings (SSSR count). The van der Waals surface area contributed by atoms with E-state index in [1.807, 2.05) is 13.8 Å². The Balaban J connectivity index is 0.983. The van der Waals surface area contributed by atoms with Gasteiger partial charge in [0.15, 0.2) is 11.5 Å². The summed E-state index contributed by atoms with van der Waals surface area (Å²) >= 11 is 7.19. The molecule has 10 aliphatic rings. The van der Waals surface area contributed by atoms with Gasteiger partial charge in [0.2, 0.25) is 59.3 Å². The number of phenolic OH excluding ortho intramolecular Hbond substituents is 3. The summed E-state index contributed by atoms with van der Waals surface area (Å²) < 4.78 is 37.5. The minimum absolute atomic E-state index is 0.0457. The average molecular weight is 1680 g/mol.